The minimum Gasteiger partial charge on any atom is -0.360 e. The Labute approximate surface area is 163 Å². The Morgan fingerprint density at radius 3 is 2.59 bits per heavy atom. The zero-order valence-electron chi connectivity index (χ0n) is 14.1. The van der Waals surface area contributed by atoms with Crippen LogP contribution in [0.1, 0.15) is 64.6 Å². The van der Waals surface area contributed by atoms with E-state index in [1.54, 1.807) is 0 Å². The molecule has 0 spiro atoms. The topological polar surface area (TPSA) is 121 Å². The first-order valence-corrected chi connectivity index (χ1v) is 10.9. The Bertz CT molecular complexity index is 1020. The van der Waals surface area contributed by atoms with Crippen molar-refractivity contribution in [3.8, 4) is 0 Å². The van der Waals surface area contributed by atoms with Crippen molar-refractivity contribution in [2.45, 2.75) is 37.5 Å². The van der Waals surface area contributed by atoms with Crippen molar-refractivity contribution >= 4 is 39.1 Å². The summed E-state index contributed by atoms with van der Waals surface area (Å²) in [6, 6.07) is 2.84. The quantitative estimate of drug-likeness (QED) is 0.480. The molecule has 0 radical (unpaired) electrons. The lowest BCUT2D eigenvalue weighted by molar-refractivity contribution is 0.103. The Morgan fingerprint density at radius 2 is 2.00 bits per heavy atom. The van der Waals surface area contributed by atoms with Gasteiger partial charge in [-0.3, -0.25) is 8.98 Å². The number of thiol groups is 2. The van der Waals surface area contributed by atoms with Gasteiger partial charge < -0.3 is 4.52 Å². The summed E-state index contributed by atoms with van der Waals surface area (Å²) in [7, 11) is -5.97. The second-order valence-electron chi connectivity index (χ2n) is 6.17. The minimum atomic E-state index is -3.21. The standard InChI is InChI=1S/C16H16ClNO7S2/c1-8(25-27(22)23)13-11(5-4-10(14(13)17)7-26(20)21)15(19)12-6-18-24-16(12)9-2-3-9/h4-6,8-9,26-27H,2-3,7H2,1H3. The molecule has 1 atom stereocenters. The van der Waals surface area contributed by atoms with E-state index in [1.165, 1.54) is 25.3 Å². The van der Waals surface area contributed by atoms with E-state index < -0.39 is 33.6 Å². The predicted molar refractivity (Wildman–Crippen MR) is 97.2 cm³/mol. The number of hydrogen-bond acceptors (Lipinski definition) is 8. The SMILES string of the molecule is CC(O[SH](=O)=O)c1c(C(=O)c2cnoc2C2CC2)ccc(C[SH](=O)=O)c1Cl. The molecule has 3 rings (SSSR count). The predicted octanol–water partition coefficient (Wildman–Crippen LogP) is 2.15. The zero-order chi connectivity index (χ0) is 19.7. The van der Waals surface area contributed by atoms with Crippen molar-refractivity contribution < 1.29 is 30.3 Å². The number of rotatable bonds is 8. The summed E-state index contributed by atoms with van der Waals surface area (Å²) in [5.41, 5.74) is 0.748. The van der Waals surface area contributed by atoms with Gasteiger partial charge in [-0.05, 0) is 25.3 Å². The molecule has 1 aliphatic carbocycles. The van der Waals surface area contributed by atoms with Crippen LogP contribution in [0.2, 0.25) is 5.02 Å². The van der Waals surface area contributed by atoms with Crippen LogP contribution in [0.25, 0.3) is 0 Å². The fraction of sp³-hybridized carbons (Fsp3) is 0.375. The summed E-state index contributed by atoms with van der Waals surface area (Å²) >= 11 is 6.32. The molecule has 11 heteroatoms. The molecule has 0 aliphatic heterocycles. The van der Waals surface area contributed by atoms with E-state index in [1.807, 2.05) is 0 Å². The van der Waals surface area contributed by atoms with Crippen LogP contribution in [0.4, 0.5) is 0 Å². The van der Waals surface area contributed by atoms with E-state index in [-0.39, 0.29) is 38.9 Å². The van der Waals surface area contributed by atoms with Crippen LogP contribution < -0.4 is 0 Å². The normalized spacial score (nSPS) is 15.4. The highest BCUT2D eigenvalue weighted by Crippen LogP contribution is 2.42. The Hall–Kier alpha value is -1.75. The number of carbonyl (C=O) groups excluding carboxylic acids is 1. The van der Waals surface area contributed by atoms with Crippen LogP contribution in [0.5, 0.6) is 0 Å². The first kappa shape index (κ1) is 20.0. The first-order chi connectivity index (χ1) is 12.8. The molecule has 1 saturated carbocycles. The molecule has 1 heterocycles. The van der Waals surface area contributed by atoms with Gasteiger partial charge in [0.25, 0.3) is 11.0 Å². The number of aromatic nitrogens is 1. The molecule has 2 aromatic rings. The van der Waals surface area contributed by atoms with Gasteiger partial charge in [-0.1, -0.05) is 28.9 Å². The van der Waals surface area contributed by atoms with Gasteiger partial charge in [0.05, 0.1) is 22.5 Å². The number of ketones is 1. The average molecular weight is 434 g/mol. The summed E-state index contributed by atoms with van der Waals surface area (Å²) in [5.74, 6) is -0.159. The third kappa shape index (κ3) is 4.40. The zero-order valence-corrected chi connectivity index (χ0v) is 16.6. The Balaban J connectivity index is 2.11. The van der Waals surface area contributed by atoms with Gasteiger partial charge in [0.15, 0.2) is 11.5 Å². The van der Waals surface area contributed by atoms with Crippen LogP contribution >= 0.6 is 11.6 Å². The highest BCUT2D eigenvalue weighted by molar-refractivity contribution is 7.71. The van der Waals surface area contributed by atoms with Gasteiger partial charge in [-0.25, -0.2) is 16.8 Å². The summed E-state index contributed by atoms with van der Waals surface area (Å²) in [4.78, 5) is 13.1. The molecular weight excluding hydrogens is 418 g/mol. The maximum atomic E-state index is 13.1. The molecule has 0 bridgehead atoms. The Morgan fingerprint density at radius 1 is 1.30 bits per heavy atom. The monoisotopic (exact) mass is 433 g/mol. The smallest absolute Gasteiger partial charge is 0.257 e. The number of nitrogens with zero attached hydrogens (tertiary/aromatic N) is 1. The minimum absolute atomic E-state index is 0.0196. The average Bonchev–Trinajstić information content (AvgIpc) is 3.31. The molecule has 27 heavy (non-hydrogen) atoms. The van der Waals surface area contributed by atoms with Crippen molar-refractivity contribution in [2.75, 3.05) is 0 Å². The fourth-order valence-corrected chi connectivity index (χ4v) is 4.26. The second kappa shape index (κ2) is 8.09. The molecule has 8 nitrogen and oxygen atoms in total. The molecule has 1 aliphatic rings. The highest BCUT2D eigenvalue weighted by atomic mass is 35.5. The molecule has 0 N–H and O–H groups in total. The molecule has 1 aromatic carbocycles. The van der Waals surface area contributed by atoms with Crippen LogP contribution in [0.3, 0.4) is 0 Å². The van der Waals surface area contributed by atoms with Gasteiger partial charge in [-0.15, -0.1) is 0 Å². The second-order valence-corrected chi connectivity index (χ2v) is 8.19. The summed E-state index contributed by atoms with van der Waals surface area (Å²) < 4.78 is 54.1. The molecule has 0 saturated heterocycles. The van der Waals surface area contributed by atoms with Gasteiger partial charge in [0.1, 0.15) is 16.8 Å². The van der Waals surface area contributed by atoms with Crippen molar-refractivity contribution in [1.82, 2.24) is 5.16 Å². The van der Waals surface area contributed by atoms with Crippen molar-refractivity contribution in [3.05, 3.63) is 51.4 Å². The molecular formula is C16H16ClNO7S2. The molecule has 0 amide bonds. The van der Waals surface area contributed by atoms with E-state index >= 15 is 0 Å². The van der Waals surface area contributed by atoms with Gasteiger partial charge in [0.2, 0.25) is 0 Å². The number of carbonyl (C=O) groups is 1. The van der Waals surface area contributed by atoms with E-state index in [0.29, 0.717) is 5.76 Å². The van der Waals surface area contributed by atoms with Crippen LogP contribution in [0.15, 0.2) is 22.9 Å². The summed E-state index contributed by atoms with van der Waals surface area (Å²) in [5, 5.41) is 3.68. The van der Waals surface area contributed by atoms with E-state index in [9.17, 15) is 21.6 Å². The van der Waals surface area contributed by atoms with E-state index in [2.05, 4.69) is 5.16 Å². The first-order valence-electron chi connectivity index (χ1n) is 8.03. The van der Waals surface area contributed by atoms with Gasteiger partial charge in [0, 0.05) is 17.0 Å². The molecule has 1 unspecified atom stereocenters. The van der Waals surface area contributed by atoms with Crippen LogP contribution in [0, 0.1) is 0 Å². The maximum absolute atomic E-state index is 13.1. The number of hydrogen-bond donors (Lipinski definition) is 2. The highest BCUT2D eigenvalue weighted by Gasteiger charge is 2.34. The van der Waals surface area contributed by atoms with Crippen LogP contribution in [-0.4, -0.2) is 27.8 Å². The van der Waals surface area contributed by atoms with E-state index in [0.717, 1.165) is 12.8 Å². The third-order valence-corrected chi connectivity index (χ3v) is 5.78. The molecule has 1 fully saturated rings. The van der Waals surface area contributed by atoms with Crippen molar-refractivity contribution in [1.29, 1.82) is 0 Å². The van der Waals surface area contributed by atoms with Crippen molar-refractivity contribution in [2.24, 2.45) is 0 Å². The third-order valence-electron chi connectivity index (χ3n) is 4.25. The maximum Gasteiger partial charge on any atom is 0.257 e. The van der Waals surface area contributed by atoms with Gasteiger partial charge in [-0.2, -0.15) is 0 Å². The lowest BCUT2D eigenvalue weighted by atomic mass is 9.93. The number of halogens is 1. The molecule has 1 aromatic heterocycles. The fourth-order valence-electron chi connectivity index (χ4n) is 2.88. The summed E-state index contributed by atoms with van der Waals surface area (Å²) in [6.45, 7) is 1.42. The van der Waals surface area contributed by atoms with Crippen LogP contribution in [-0.2, 0) is 31.6 Å². The lowest BCUT2D eigenvalue weighted by Crippen LogP contribution is -2.12. The Kier molecular flexibility index (Phi) is 5.99. The van der Waals surface area contributed by atoms with Crippen molar-refractivity contribution in [3.63, 3.8) is 0 Å². The largest absolute Gasteiger partial charge is 0.360 e. The lowest BCUT2D eigenvalue weighted by Gasteiger charge is -2.17. The number of benzene rings is 1. The molecule has 146 valence electrons. The summed E-state index contributed by atoms with van der Waals surface area (Å²) in [6.07, 6.45) is 2.03. The van der Waals surface area contributed by atoms with E-state index in [4.69, 9.17) is 20.3 Å². The van der Waals surface area contributed by atoms with Gasteiger partial charge >= 0.3 is 0 Å².